The van der Waals surface area contributed by atoms with Crippen LogP contribution in [0.2, 0.25) is 0 Å². The van der Waals surface area contributed by atoms with Crippen molar-refractivity contribution in [3.05, 3.63) is 29.8 Å². The Morgan fingerprint density at radius 3 is 3.00 bits per heavy atom. The average molecular weight is 263 g/mol. The standard InChI is InChI=1S/C14H17NO4/c1-9-8-15(13(16)14(17)19-9)11-6-7-18-12-5-3-2-4-10(11)12/h2-5,9,11,14,17H,6-8H2,1H3/t9?,11-,14?/m0/s1. The molecule has 0 saturated carbocycles. The number of rotatable bonds is 1. The van der Waals surface area contributed by atoms with Crippen LogP contribution in [0.15, 0.2) is 24.3 Å². The number of fused-ring (bicyclic) bond motifs is 1. The molecule has 1 aromatic carbocycles. The Morgan fingerprint density at radius 1 is 1.37 bits per heavy atom. The SMILES string of the molecule is CC1CN([C@H]2CCOc3ccccc32)C(=O)C(O)O1. The lowest BCUT2D eigenvalue weighted by atomic mass is 9.98. The van der Waals surface area contributed by atoms with E-state index in [1.165, 1.54) is 0 Å². The van der Waals surface area contributed by atoms with Crippen LogP contribution in [0.3, 0.4) is 0 Å². The number of nitrogens with zero attached hydrogens (tertiary/aromatic N) is 1. The molecule has 1 saturated heterocycles. The molecule has 19 heavy (non-hydrogen) atoms. The van der Waals surface area contributed by atoms with E-state index in [0.717, 1.165) is 17.7 Å². The van der Waals surface area contributed by atoms with Crippen molar-refractivity contribution in [3.63, 3.8) is 0 Å². The van der Waals surface area contributed by atoms with Crippen LogP contribution in [0.5, 0.6) is 5.75 Å². The van der Waals surface area contributed by atoms with Crippen molar-refractivity contribution < 1.29 is 19.4 Å². The highest BCUT2D eigenvalue weighted by Crippen LogP contribution is 2.37. The van der Waals surface area contributed by atoms with Crippen molar-refractivity contribution in [2.45, 2.75) is 31.8 Å². The third kappa shape index (κ3) is 2.19. The monoisotopic (exact) mass is 263 g/mol. The summed E-state index contributed by atoms with van der Waals surface area (Å²) in [7, 11) is 0. The zero-order chi connectivity index (χ0) is 13.4. The molecule has 1 fully saturated rings. The Hall–Kier alpha value is -1.59. The van der Waals surface area contributed by atoms with Crippen LogP contribution in [0.25, 0.3) is 0 Å². The fourth-order valence-corrected chi connectivity index (χ4v) is 2.76. The number of aliphatic hydroxyl groups excluding tert-OH is 1. The molecule has 5 heteroatoms. The molecular weight excluding hydrogens is 246 g/mol. The summed E-state index contributed by atoms with van der Waals surface area (Å²) >= 11 is 0. The number of ether oxygens (including phenoxy) is 2. The van der Waals surface area contributed by atoms with Gasteiger partial charge in [0, 0.05) is 18.5 Å². The van der Waals surface area contributed by atoms with Gasteiger partial charge in [-0.1, -0.05) is 18.2 Å². The van der Waals surface area contributed by atoms with Crippen molar-refractivity contribution in [3.8, 4) is 5.75 Å². The summed E-state index contributed by atoms with van der Waals surface area (Å²) in [5.41, 5.74) is 1.00. The molecule has 1 amide bonds. The Kier molecular flexibility index (Phi) is 3.16. The van der Waals surface area contributed by atoms with Crippen LogP contribution >= 0.6 is 0 Å². The number of morpholine rings is 1. The number of benzene rings is 1. The minimum absolute atomic E-state index is 0.0431. The zero-order valence-corrected chi connectivity index (χ0v) is 10.8. The maximum atomic E-state index is 12.1. The van der Waals surface area contributed by atoms with Crippen molar-refractivity contribution in [2.75, 3.05) is 13.2 Å². The van der Waals surface area contributed by atoms with Gasteiger partial charge in [-0.2, -0.15) is 0 Å². The predicted molar refractivity (Wildman–Crippen MR) is 67.6 cm³/mol. The maximum absolute atomic E-state index is 12.1. The average Bonchev–Trinajstić information content (AvgIpc) is 2.42. The number of amides is 1. The van der Waals surface area contributed by atoms with Gasteiger partial charge in [-0.3, -0.25) is 4.79 Å². The molecule has 0 aromatic heterocycles. The fraction of sp³-hybridized carbons (Fsp3) is 0.500. The minimum atomic E-state index is -1.35. The van der Waals surface area contributed by atoms with E-state index in [9.17, 15) is 9.90 Å². The van der Waals surface area contributed by atoms with Gasteiger partial charge in [0.05, 0.1) is 18.8 Å². The van der Waals surface area contributed by atoms with Crippen LogP contribution in [-0.4, -0.2) is 41.5 Å². The Balaban J connectivity index is 1.92. The third-order valence-corrected chi connectivity index (χ3v) is 3.61. The van der Waals surface area contributed by atoms with E-state index >= 15 is 0 Å². The fourth-order valence-electron chi connectivity index (χ4n) is 2.76. The first-order valence-corrected chi connectivity index (χ1v) is 6.52. The molecule has 2 heterocycles. The van der Waals surface area contributed by atoms with Gasteiger partial charge >= 0.3 is 0 Å². The number of hydrogen-bond acceptors (Lipinski definition) is 4. The number of para-hydroxylation sites is 1. The first-order valence-electron chi connectivity index (χ1n) is 6.52. The maximum Gasteiger partial charge on any atom is 0.279 e. The third-order valence-electron chi connectivity index (χ3n) is 3.61. The van der Waals surface area contributed by atoms with Crippen LogP contribution < -0.4 is 4.74 Å². The highest BCUT2D eigenvalue weighted by Gasteiger charge is 2.38. The van der Waals surface area contributed by atoms with Gasteiger partial charge in [-0.05, 0) is 13.0 Å². The molecule has 0 spiro atoms. The Bertz CT molecular complexity index is 490. The molecule has 0 aliphatic carbocycles. The van der Waals surface area contributed by atoms with Crippen LogP contribution in [0.1, 0.15) is 24.9 Å². The van der Waals surface area contributed by atoms with Gasteiger partial charge in [-0.15, -0.1) is 0 Å². The molecule has 3 rings (SSSR count). The molecule has 2 unspecified atom stereocenters. The van der Waals surface area contributed by atoms with Gasteiger partial charge < -0.3 is 19.5 Å². The molecule has 102 valence electrons. The van der Waals surface area contributed by atoms with Crippen LogP contribution in [-0.2, 0) is 9.53 Å². The largest absolute Gasteiger partial charge is 0.493 e. The van der Waals surface area contributed by atoms with Gasteiger partial charge in [0.2, 0.25) is 6.29 Å². The van der Waals surface area contributed by atoms with E-state index in [4.69, 9.17) is 9.47 Å². The molecule has 1 N–H and O–H groups in total. The zero-order valence-electron chi connectivity index (χ0n) is 10.8. The number of carbonyl (C=O) groups is 1. The van der Waals surface area contributed by atoms with Gasteiger partial charge in [0.15, 0.2) is 0 Å². The lowest BCUT2D eigenvalue weighted by molar-refractivity contribution is -0.201. The predicted octanol–water partition coefficient (Wildman–Crippen LogP) is 1.08. The molecule has 0 radical (unpaired) electrons. The second kappa shape index (κ2) is 4.83. The molecular formula is C14H17NO4. The van der Waals surface area contributed by atoms with Gasteiger partial charge in [0.25, 0.3) is 5.91 Å². The van der Waals surface area contributed by atoms with Gasteiger partial charge in [-0.25, -0.2) is 0 Å². The molecule has 2 aliphatic heterocycles. The van der Waals surface area contributed by atoms with E-state index in [2.05, 4.69) is 0 Å². The van der Waals surface area contributed by atoms with Crippen molar-refractivity contribution in [2.24, 2.45) is 0 Å². The van der Waals surface area contributed by atoms with E-state index in [1.807, 2.05) is 31.2 Å². The van der Waals surface area contributed by atoms with E-state index < -0.39 is 6.29 Å². The molecule has 5 nitrogen and oxygen atoms in total. The summed E-state index contributed by atoms with van der Waals surface area (Å²) in [4.78, 5) is 13.8. The van der Waals surface area contributed by atoms with Crippen LogP contribution in [0, 0.1) is 0 Å². The van der Waals surface area contributed by atoms with Crippen molar-refractivity contribution in [1.29, 1.82) is 0 Å². The molecule has 2 aliphatic rings. The molecule has 3 atom stereocenters. The van der Waals surface area contributed by atoms with Crippen molar-refractivity contribution >= 4 is 5.91 Å². The summed E-state index contributed by atoms with van der Waals surface area (Å²) in [5, 5.41) is 9.65. The number of hydrogen-bond donors (Lipinski definition) is 1. The first-order chi connectivity index (χ1) is 9.16. The lowest BCUT2D eigenvalue weighted by Gasteiger charge is -2.41. The minimum Gasteiger partial charge on any atom is -0.493 e. The highest BCUT2D eigenvalue weighted by atomic mass is 16.6. The van der Waals surface area contributed by atoms with Crippen LogP contribution in [0.4, 0.5) is 0 Å². The Labute approximate surface area is 111 Å². The summed E-state index contributed by atoms with van der Waals surface area (Å²) in [6, 6.07) is 7.69. The molecule has 1 aromatic rings. The number of aliphatic hydroxyl groups is 1. The van der Waals surface area contributed by atoms with E-state index in [0.29, 0.717) is 13.2 Å². The summed E-state index contributed by atoms with van der Waals surface area (Å²) in [6.45, 7) is 2.93. The second-order valence-electron chi connectivity index (χ2n) is 4.98. The normalized spacial score (nSPS) is 30.7. The lowest BCUT2D eigenvalue weighted by Crippen LogP contribution is -2.52. The van der Waals surface area contributed by atoms with Crippen molar-refractivity contribution in [1.82, 2.24) is 4.90 Å². The summed E-state index contributed by atoms with van der Waals surface area (Å²) in [5.74, 6) is 0.458. The number of carbonyl (C=O) groups excluding carboxylic acids is 1. The van der Waals surface area contributed by atoms with Gasteiger partial charge in [0.1, 0.15) is 5.75 Å². The first kappa shape index (κ1) is 12.4. The smallest absolute Gasteiger partial charge is 0.279 e. The topological polar surface area (TPSA) is 59.0 Å². The van der Waals surface area contributed by atoms with E-state index in [-0.39, 0.29) is 18.1 Å². The summed E-state index contributed by atoms with van der Waals surface area (Å²) in [6.07, 6.45) is -0.774. The summed E-state index contributed by atoms with van der Waals surface area (Å²) < 4.78 is 10.7. The van der Waals surface area contributed by atoms with E-state index in [1.54, 1.807) is 4.90 Å². The Morgan fingerprint density at radius 2 is 2.16 bits per heavy atom. The quantitative estimate of drug-likeness (QED) is 0.823. The second-order valence-corrected chi connectivity index (χ2v) is 4.98. The molecule has 0 bridgehead atoms. The highest BCUT2D eigenvalue weighted by molar-refractivity contribution is 5.80.